The summed E-state index contributed by atoms with van der Waals surface area (Å²) in [5.41, 5.74) is 1.58. The molecule has 3 aromatic rings. The maximum Gasteiger partial charge on any atom is 0.338 e. The summed E-state index contributed by atoms with van der Waals surface area (Å²) in [6.07, 6.45) is 1.58. The van der Waals surface area contributed by atoms with Gasteiger partial charge in [-0.3, -0.25) is 0 Å². The van der Waals surface area contributed by atoms with Crippen molar-refractivity contribution in [3.05, 3.63) is 70.9 Å². The molecule has 4 rings (SSSR count). The molecule has 29 heavy (non-hydrogen) atoms. The third-order valence-corrected chi connectivity index (χ3v) is 6.33. The van der Waals surface area contributed by atoms with Crippen LogP contribution in [0.4, 0.5) is 0 Å². The number of esters is 1. The fraction of sp³-hybridized carbons (Fsp3) is 0.200. The van der Waals surface area contributed by atoms with Gasteiger partial charge in [0.15, 0.2) is 12.4 Å². The maximum absolute atomic E-state index is 12.4. The van der Waals surface area contributed by atoms with Gasteiger partial charge in [-0.2, -0.15) is 0 Å². The molecule has 1 aliphatic rings. The van der Waals surface area contributed by atoms with Crippen LogP contribution < -0.4 is 4.72 Å². The standard InChI is InChI=1S/C20H17ClN2O5S/c21-17-9-6-14(10-19(17)29(25,26)23-15-7-8-15)20(24)27-12-16-11-18(22-28-16)13-4-2-1-3-5-13/h1-6,9-11,15,23H,7-8,12H2. The normalized spacial score (nSPS) is 14.0. The molecule has 0 bridgehead atoms. The first-order valence-electron chi connectivity index (χ1n) is 8.92. The van der Waals surface area contributed by atoms with Crippen molar-refractivity contribution in [1.82, 2.24) is 9.88 Å². The zero-order valence-electron chi connectivity index (χ0n) is 15.2. The van der Waals surface area contributed by atoms with Crippen LogP contribution in [0.3, 0.4) is 0 Å². The van der Waals surface area contributed by atoms with Crippen LogP contribution in [0.5, 0.6) is 0 Å². The van der Waals surface area contributed by atoms with Crippen molar-refractivity contribution < 1.29 is 22.5 Å². The second-order valence-electron chi connectivity index (χ2n) is 6.66. The van der Waals surface area contributed by atoms with Gasteiger partial charge in [0.25, 0.3) is 0 Å². The predicted octanol–water partition coefficient (Wildman–Crippen LogP) is 3.79. The number of ether oxygens (including phenoxy) is 1. The van der Waals surface area contributed by atoms with E-state index in [1.165, 1.54) is 18.2 Å². The van der Waals surface area contributed by atoms with Crippen molar-refractivity contribution in [1.29, 1.82) is 0 Å². The van der Waals surface area contributed by atoms with Gasteiger partial charge in [-0.25, -0.2) is 17.9 Å². The lowest BCUT2D eigenvalue weighted by Gasteiger charge is -2.09. The molecule has 1 aliphatic carbocycles. The van der Waals surface area contributed by atoms with E-state index in [4.69, 9.17) is 20.9 Å². The Morgan fingerprint density at radius 3 is 2.66 bits per heavy atom. The number of aromatic nitrogens is 1. The van der Waals surface area contributed by atoms with Crippen molar-refractivity contribution in [2.24, 2.45) is 0 Å². The highest BCUT2D eigenvalue weighted by molar-refractivity contribution is 7.89. The van der Waals surface area contributed by atoms with Crippen molar-refractivity contribution >= 4 is 27.6 Å². The van der Waals surface area contributed by atoms with Gasteiger partial charge in [0.1, 0.15) is 10.6 Å². The summed E-state index contributed by atoms with van der Waals surface area (Å²) in [6, 6.07) is 15.0. The molecular weight excluding hydrogens is 416 g/mol. The van der Waals surface area contributed by atoms with Crippen LogP contribution in [0.15, 0.2) is 64.0 Å². The van der Waals surface area contributed by atoms with Gasteiger partial charge in [0.05, 0.1) is 10.6 Å². The summed E-state index contributed by atoms with van der Waals surface area (Å²) in [5, 5.41) is 4.00. The molecule has 7 nitrogen and oxygen atoms in total. The van der Waals surface area contributed by atoms with Crippen LogP contribution in [-0.2, 0) is 21.4 Å². The number of nitrogens with zero attached hydrogens (tertiary/aromatic N) is 1. The van der Waals surface area contributed by atoms with Gasteiger partial charge in [-0.05, 0) is 31.0 Å². The Balaban J connectivity index is 1.45. The number of sulfonamides is 1. The summed E-state index contributed by atoms with van der Waals surface area (Å²) in [6.45, 7) is -0.135. The average Bonchev–Trinajstić information content (AvgIpc) is 3.39. The Morgan fingerprint density at radius 2 is 1.93 bits per heavy atom. The van der Waals surface area contributed by atoms with Gasteiger partial charge >= 0.3 is 5.97 Å². The predicted molar refractivity (Wildman–Crippen MR) is 106 cm³/mol. The number of carbonyl (C=O) groups is 1. The van der Waals surface area contributed by atoms with Crippen molar-refractivity contribution in [2.75, 3.05) is 0 Å². The first-order valence-corrected chi connectivity index (χ1v) is 10.8. The molecule has 0 spiro atoms. The topological polar surface area (TPSA) is 98.5 Å². The number of benzene rings is 2. The summed E-state index contributed by atoms with van der Waals surface area (Å²) >= 11 is 6.03. The quantitative estimate of drug-likeness (QED) is 0.570. The molecule has 1 saturated carbocycles. The monoisotopic (exact) mass is 432 g/mol. The molecule has 1 aromatic heterocycles. The smallest absolute Gasteiger partial charge is 0.338 e. The molecule has 0 aliphatic heterocycles. The van der Waals surface area contributed by atoms with Crippen LogP contribution in [0.1, 0.15) is 29.0 Å². The van der Waals surface area contributed by atoms with Gasteiger partial charge in [-0.1, -0.05) is 47.1 Å². The molecule has 2 aromatic carbocycles. The number of nitrogens with one attached hydrogen (secondary N) is 1. The molecule has 1 heterocycles. The van der Waals surface area contributed by atoms with Crippen LogP contribution in [-0.4, -0.2) is 25.6 Å². The van der Waals surface area contributed by atoms with E-state index < -0.39 is 16.0 Å². The summed E-state index contributed by atoms with van der Waals surface area (Å²) < 4.78 is 37.8. The minimum Gasteiger partial charge on any atom is -0.454 e. The highest BCUT2D eigenvalue weighted by atomic mass is 35.5. The van der Waals surface area contributed by atoms with Gasteiger partial charge in [0, 0.05) is 17.7 Å². The van der Waals surface area contributed by atoms with E-state index in [1.54, 1.807) is 6.07 Å². The Hall–Kier alpha value is -2.68. The van der Waals surface area contributed by atoms with E-state index in [0.717, 1.165) is 18.4 Å². The minimum absolute atomic E-state index is 0.0393. The van der Waals surface area contributed by atoms with E-state index in [0.29, 0.717) is 11.5 Å². The lowest BCUT2D eigenvalue weighted by molar-refractivity contribution is 0.0437. The second kappa shape index (κ2) is 7.98. The Bertz CT molecular complexity index is 1140. The minimum atomic E-state index is -3.80. The second-order valence-corrected chi connectivity index (χ2v) is 8.75. The number of carbonyl (C=O) groups excluding carboxylic acids is 1. The third-order valence-electron chi connectivity index (χ3n) is 4.33. The van der Waals surface area contributed by atoms with E-state index >= 15 is 0 Å². The zero-order valence-corrected chi connectivity index (χ0v) is 16.7. The lowest BCUT2D eigenvalue weighted by Crippen LogP contribution is -2.26. The Kier molecular flexibility index (Phi) is 5.40. The fourth-order valence-corrected chi connectivity index (χ4v) is 4.50. The maximum atomic E-state index is 12.4. The average molecular weight is 433 g/mol. The van der Waals surface area contributed by atoms with Gasteiger partial charge in [-0.15, -0.1) is 0 Å². The molecular formula is C20H17ClN2O5S. The van der Waals surface area contributed by atoms with Crippen molar-refractivity contribution in [2.45, 2.75) is 30.4 Å². The highest BCUT2D eigenvalue weighted by Crippen LogP contribution is 2.27. The zero-order chi connectivity index (χ0) is 20.4. The van der Waals surface area contributed by atoms with Crippen LogP contribution in [0, 0.1) is 0 Å². The highest BCUT2D eigenvalue weighted by Gasteiger charge is 2.29. The van der Waals surface area contributed by atoms with E-state index in [1.807, 2.05) is 30.3 Å². The molecule has 9 heteroatoms. The van der Waals surface area contributed by atoms with Crippen LogP contribution in [0.25, 0.3) is 11.3 Å². The first-order chi connectivity index (χ1) is 13.9. The summed E-state index contributed by atoms with van der Waals surface area (Å²) in [4.78, 5) is 12.2. The SMILES string of the molecule is O=C(OCc1cc(-c2ccccc2)no1)c1ccc(Cl)c(S(=O)(=O)NC2CC2)c1. The molecule has 0 amide bonds. The number of hydrogen-bond acceptors (Lipinski definition) is 6. The molecule has 0 saturated heterocycles. The molecule has 0 radical (unpaired) electrons. The van der Waals surface area contributed by atoms with E-state index in [2.05, 4.69) is 9.88 Å². The van der Waals surface area contributed by atoms with Crippen molar-refractivity contribution in [3.63, 3.8) is 0 Å². The van der Waals surface area contributed by atoms with Crippen LogP contribution in [0.2, 0.25) is 5.02 Å². The van der Waals surface area contributed by atoms with Gasteiger partial charge < -0.3 is 9.26 Å². The van der Waals surface area contributed by atoms with Crippen LogP contribution >= 0.6 is 11.6 Å². The molecule has 150 valence electrons. The Labute approximate surface area is 172 Å². The summed E-state index contributed by atoms with van der Waals surface area (Å²) in [7, 11) is -3.80. The lowest BCUT2D eigenvalue weighted by atomic mass is 10.1. The molecule has 1 fully saturated rings. The van der Waals surface area contributed by atoms with Gasteiger partial charge in [0.2, 0.25) is 10.0 Å². The van der Waals surface area contributed by atoms with Crippen molar-refractivity contribution in [3.8, 4) is 11.3 Å². The molecule has 0 atom stereocenters. The number of halogens is 1. The first kappa shape index (κ1) is 19.6. The molecule has 0 unspecified atom stereocenters. The molecule has 1 N–H and O–H groups in total. The number of hydrogen-bond donors (Lipinski definition) is 1. The van der Waals surface area contributed by atoms with E-state index in [9.17, 15) is 13.2 Å². The Morgan fingerprint density at radius 1 is 1.17 bits per heavy atom. The number of rotatable bonds is 7. The largest absolute Gasteiger partial charge is 0.454 e. The third kappa shape index (κ3) is 4.67. The summed E-state index contributed by atoms with van der Waals surface area (Å²) in [5.74, 6) is -0.323. The fourth-order valence-electron chi connectivity index (χ4n) is 2.67. The van der Waals surface area contributed by atoms with E-state index in [-0.39, 0.29) is 28.1 Å².